The zero-order valence-electron chi connectivity index (χ0n) is 13.2. The number of allylic oxidation sites excluding steroid dienone is 7. The van der Waals surface area contributed by atoms with Crippen LogP contribution in [0, 0.1) is 0 Å². The lowest BCUT2D eigenvalue weighted by atomic mass is 9.87. The maximum absolute atomic E-state index is 12.3. The van der Waals surface area contributed by atoms with Crippen molar-refractivity contribution in [3.8, 4) is 0 Å². The van der Waals surface area contributed by atoms with Crippen molar-refractivity contribution < 1.29 is 9.59 Å². The van der Waals surface area contributed by atoms with Crippen molar-refractivity contribution in [2.24, 2.45) is 4.99 Å². The quantitative estimate of drug-likeness (QED) is 0.624. The highest BCUT2D eigenvalue weighted by Crippen LogP contribution is 2.37. The van der Waals surface area contributed by atoms with Crippen LogP contribution in [0.5, 0.6) is 0 Å². The summed E-state index contributed by atoms with van der Waals surface area (Å²) < 4.78 is 0. The second-order valence-electron chi connectivity index (χ2n) is 5.53. The van der Waals surface area contributed by atoms with E-state index in [1.54, 1.807) is 12.1 Å². The van der Waals surface area contributed by atoms with Crippen molar-refractivity contribution in [2.45, 2.75) is 20.3 Å². The minimum Gasteiger partial charge on any atom is -0.285 e. The first-order valence-electron chi connectivity index (χ1n) is 7.59. The Balaban J connectivity index is 1.96. The Morgan fingerprint density at radius 1 is 1.04 bits per heavy atom. The number of ketones is 2. The van der Waals surface area contributed by atoms with Crippen LogP contribution in [0.2, 0.25) is 0 Å². The summed E-state index contributed by atoms with van der Waals surface area (Å²) in [5.41, 5.74) is 4.24. The number of aliphatic imine (C=N–C) groups is 1. The van der Waals surface area contributed by atoms with Gasteiger partial charge in [0.05, 0.1) is 5.70 Å². The maximum Gasteiger partial charge on any atom is 0.233 e. The van der Waals surface area contributed by atoms with Crippen LogP contribution < -0.4 is 0 Å². The van der Waals surface area contributed by atoms with Crippen LogP contribution >= 0.6 is 0 Å². The predicted molar refractivity (Wildman–Crippen MR) is 92.5 cm³/mol. The molecule has 23 heavy (non-hydrogen) atoms. The third-order valence-corrected chi connectivity index (χ3v) is 4.00. The van der Waals surface area contributed by atoms with Gasteiger partial charge in [0, 0.05) is 28.8 Å². The molecule has 0 saturated carbocycles. The van der Waals surface area contributed by atoms with Gasteiger partial charge in [-0.05, 0) is 19.4 Å². The third kappa shape index (κ3) is 2.66. The van der Waals surface area contributed by atoms with Gasteiger partial charge in [-0.3, -0.25) is 14.6 Å². The summed E-state index contributed by atoms with van der Waals surface area (Å²) in [7, 11) is 0. The van der Waals surface area contributed by atoms with Crippen molar-refractivity contribution in [1.82, 2.24) is 0 Å². The summed E-state index contributed by atoms with van der Waals surface area (Å²) in [6.45, 7) is 3.93. The second-order valence-corrected chi connectivity index (χ2v) is 5.53. The van der Waals surface area contributed by atoms with E-state index in [-0.39, 0.29) is 0 Å². The highest BCUT2D eigenvalue weighted by atomic mass is 16.2. The first kappa shape index (κ1) is 15.1. The molecule has 0 saturated heterocycles. The van der Waals surface area contributed by atoms with E-state index in [4.69, 9.17) is 0 Å². The maximum atomic E-state index is 12.3. The molecule has 3 rings (SSSR count). The van der Waals surface area contributed by atoms with Crippen LogP contribution in [0.25, 0.3) is 5.70 Å². The molecular formula is C20H17NO2. The van der Waals surface area contributed by atoms with Crippen molar-refractivity contribution in [3.05, 3.63) is 76.9 Å². The average molecular weight is 303 g/mol. The van der Waals surface area contributed by atoms with Crippen LogP contribution in [-0.2, 0) is 4.79 Å². The Bertz CT molecular complexity index is 848. The van der Waals surface area contributed by atoms with Gasteiger partial charge in [0.15, 0.2) is 0 Å². The molecule has 0 spiro atoms. The van der Waals surface area contributed by atoms with Crippen molar-refractivity contribution in [3.63, 3.8) is 0 Å². The lowest BCUT2D eigenvalue weighted by molar-refractivity contribution is -0.111. The summed E-state index contributed by atoms with van der Waals surface area (Å²) in [6.07, 6.45) is 10.2. The van der Waals surface area contributed by atoms with Gasteiger partial charge < -0.3 is 0 Å². The van der Waals surface area contributed by atoms with E-state index in [1.165, 1.54) is 0 Å². The highest BCUT2D eigenvalue weighted by Gasteiger charge is 2.36. The fraction of sp³-hybridized carbons (Fsp3) is 0.150. The van der Waals surface area contributed by atoms with Gasteiger partial charge in [-0.1, -0.05) is 54.6 Å². The molecule has 2 aliphatic rings. The lowest BCUT2D eigenvalue weighted by Gasteiger charge is -2.14. The van der Waals surface area contributed by atoms with Crippen LogP contribution in [0.3, 0.4) is 0 Å². The van der Waals surface area contributed by atoms with E-state index in [0.29, 0.717) is 23.3 Å². The van der Waals surface area contributed by atoms with E-state index < -0.39 is 11.6 Å². The van der Waals surface area contributed by atoms with E-state index in [9.17, 15) is 9.59 Å². The molecule has 1 aromatic carbocycles. The molecule has 3 nitrogen and oxygen atoms in total. The molecule has 0 atom stereocenters. The molecule has 1 heterocycles. The first-order valence-corrected chi connectivity index (χ1v) is 7.59. The number of carbonyl (C=O) groups is 2. The number of hydrogen-bond donors (Lipinski definition) is 0. The minimum atomic E-state index is -0.426. The molecule has 0 aromatic heterocycles. The summed E-state index contributed by atoms with van der Waals surface area (Å²) in [5, 5.41) is 0. The average Bonchev–Trinajstić information content (AvgIpc) is 3.02. The Labute approximate surface area is 135 Å². The summed E-state index contributed by atoms with van der Waals surface area (Å²) in [4.78, 5) is 29.2. The van der Waals surface area contributed by atoms with Gasteiger partial charge in [-0.25, -0.2) is 0 Å². The molecule has 114 valence electrons. The molecule has 1 aliphatic carbocycles. The number of Topliss-reactive ketones (excluding diaryl/α,β-unsaturated/α-hetero) is 2. The number of fused-ring (bicyclic) bond motifs is 2. The number of carbonyl (C=O) groups excluding carboxylic acids is 2. The predicted octanol–water partition coefficient (Wildman–Crippen LogP) is 4.09. The van der Waals surface area contributed by atoms with Crippen LogP contribution in [-0.4, -0.2) is 17.3 Å². The van der Waals surface area contributed by atoms with Gasteiger partial charge in [0.1, 0.15) is 0 Å². The normalized spacial score (nSPS) is 18.0. The topological polar surface area (TPSA) is 46.5 Å². The fourth-order valence-electron chi connectivity index (χ4n) is 2.75. The Morgan fingerprint density at radius 3 is 2.52 bits per heavy atom. The molecule has 1 aromatic rings. The van der Waals surface area contributed by atoms with Crippen LogP contribution in [0.1, 0.15) is 36.2 Å². The molecule has 1 aliphatic heterocycles. The van der Waals surface area contributed by atoms with Gasteiger partial charge >= 0.3 is 0 Å². The Morgan fingerprint density at radius 2 is 1.78 bits per heavy atom. The molecule has 0 radical (unpaired) electrons. The van der Waals surface area contributed by atoms with Gasteiger partial charge in [0.25, 0.3) is 0 Å². The lowest BCUT2D eigenvalue weighted by Crippen LogP contribution is -2.22. The van der Waals surface area contributed by atoms with E-state index >= 15 is 0 Å². The number of hydrogen-bond acceptors (Lipinski definition) is 3. The largest absolute Gasteiger partial charge is 0.285 e. The van der Waals surface area contributed by atoms with Crippen molar-refractivity contribution >= 4 is 23.0 Å². The molecule has 3 heteroatoms. The summed E-state index contributed by atoms with van der Waals surface area (Å²) in [5.74, 6) is -0.847. The molecule has 0 fully saturated rings. The smallest absolute Gasteiger partial charge is 0.233 e. The monoisotopic (exact) mass is 303 g/mol. The van der Waals surface area contributed by atoms with Gasteiger partial charge in [0.2, 0.25) is 11.6 Å². The summed E-state index contributed by atoms with van der Waals surface area (Å²) in [6, 6.07) is 7.18. The first-order chi connectivity index (χ1) is 11.1. The van der Waals surface area contributed by atoms with E-state index in [2.05, 4.69) is 4.99 Å². The molecular weight excluding hydrogens is 286 g/mol. The highest BCUT2D eigenvalue weighted by molar-refractivity contribution is 6.53. The fourth-order valence-corrected chi connectivity index (χ4v) is 2.75. The van der Waals surface area contributed by atoms with Crippen LogP contribution in [0.15, 0.2) is 70.8 Å². The summed E-state index contributed by atoms with van der Waals surface area (Å²) >= 11 is 0. The zero-order chi connectivity index (χ0) is 16.4. The standard InChI is InChI=1S/C20H17NO2/c1-3-4-5-6-9-13(2)17-12-16-18(21-17)14-10-7-8-11-15(14)19(22)20(16)23/h3-11H,12H2,1-2H3/b4-3-,6-5-,13-9+. The number of benzene rings is 1. The van der Waals surface area contributed by atoms with Gasteiger partial charge in [-0.2, -0.15) is 0 Å². The Hall–Kier alpha value is -2.81. The van der Waals surface area contributed by atoms with E-state index in [1.807, 2.05) is 56.4 Å². The SMILES string of the molecule is C\C=C/C=C\C=C(/C)C1=NC2=C(C1)C(=O)C(=O)c1ccccc12. The van der Waals surface area contributed by atoms with Crippen molar-refractivity contribution in [1.29, 1.82) is 0 Å². The van der Waals surface area contributed by atoms with Crippen LogP contribution in [0.4, 0.5) is 0 Å². The molecule has 0 unspecified atom stereocenters. The molecule has 0 amide bonds. The molecule has 0 bridgehead atoms. The Kier molecular flexibility index (Phi) is 4.02. The molecule has 0 N–H and O–H groups in total. The third-order valence-electron chi connectivity index (χ3n) is 4.00. The number of rotatable bonds is 3. The van der Waals surface area contributed by atoms with Crippen molar-refractivity contribution in [2.75, 3.05) is 0 Å². The number of nitrogens with zero attached hydrogens (tertiary/aromatic N) is 1. The second kappa shape index (κ2) is 6.13. The minimum absolute atomic E-state index is 0.422. The zero-order valence-corrected chi connectivity index (χ0v) is 13.2. The van der Waals surface area contributed by atoms with Gasteiger partial charge in [-0.15, -0.1) is 0 Å². The van der Waals surface area contributed by atoms with E-state index in [0.717, 1.165) is 16.8 Å².